The maximum absolute atomic E-state index is 4.92. The topological polar surface area (TPSA) is 12.4 Å². The number of fused-ring (bicyclic) bond motifs is 9. The van der Waals surface area contributed by atoms with Gasteiger partial charge in [-0.05, 0) is 51.6 Å². The largest absolute Gasteiger partial charge is 0.247 e. The van der Waals surface area contributed by atoms with E-state index >= 15 is 0 Å². The molecule has 0 atom stereocenters. The van der Waals surface area contributed by atoms with Crippen molar-refractivity contribution in [2.45, 2.75) is 0 Å². The first-order valence-corrected chi connectivity index (χ1v) is 9.14. The normalized spacial score (nSPS) is 12.8. The first kappa shape index (κ1) is 13.6. The van der Waals surface area contributed by atoms with E-state index in [0.717, 1.165) is 15.5 Å². The second-order valence-electron chi connectivity index (χ2n) is 6.59. The van der Waals surface area contributed by atoms with Gasteiger partial charge in [-0.2, -0.15) is 0 Å². The number of halogens is 1. The van der Waals surface area contributed by atoms with Crippen molar-refractivity contribution in [3.63, 3.8) is 0 Å². The molecule has 1 aliphatic heterocycles. The standard InChI is InChI=1S/C23H12BrN/c24-14-5-10-22-21(12-14)19-9-7-17-18(23(19)25-22)8-6-16-15-4-2-1-3-13(15)11-20(16)17/h1-12H. The van der Waals surface area contributed by atoms with Crippen LogP contribution < -0.4 is 10.6 Å². The molecule has 1 nitrogen and oxygen atoms in total. The Morgan fingerprint density at radius 1 is 0.680 bits per heavy atom. The van der Waals surface area contributed by atoms with Gasteiger partial charge < -0.3 is 0 Å². The molecule has 4 aromatic rings. The minimum Gasteiger partial charge on any atom is -0.247 e. The maximum Gasteiger partial charge on any atom is 0.0794 e. The molecular weight excluding hydrogens is 370 g/mol. The van der Waals surface area contributed by atoms with E-state index in [9.17, 15) is 0 Å². The third-order valence-corrected chi connectivity index (χ3v) is 5.74. The summed E-state index contributed by atoms with van der Waals surface area (Å²) in [6.07, 6.45) is 2.30. The number of nitrogens with zero attached hydrogens (tertiary/aromatic N) is 1. The molecule has 0 unspecified atom stereocenters. The minimum absolute atomic E-state index is 1.05. The Kier molecular flexibility index (Phi) is 2.54. The van der Waals surface area contributed by atoms with Crippen molar-refractivity contribution in [3.05, 3.63) is 87.3 Å². The van der Waals surface area contributed by atoms with Gasteiger partial charge in [0.1, 0.15) is 0 Å². The van der Waals surface area contributed by atoms with Crippen molar-refractivity contribution < 1.29 is 0 Å². The van der Waals surface area contributed by atoms with Crippen molar-refractivity contribution in [2.75, 3.05) is 0 Å². The van der Waals surface area contributed by atoms with Crippen LogP contribution in [0.5, 0.6) is 0 Å². The van der Waals surface area contributed by atoms with Crippen molar-refractivity contribution >= 4 is 38.5 Å². The average Bonchev–Trinajstić information content (AvgIpc) is 3.19. The first-order valence-electron chi connectivity index (χ1n) is 8.35. The fraction of sp³-hybridized carbons (Fsp3) is 0. The van der Waals surface area contributed by atoms with Crippen LogP contribution in [0.1, 0.15) is 5.56 Å². The monoisotopic (exact) mass is 381 g/mol. The van der Waals surface area contributed by atoms with Crippen LogP contribution in [0.15, 0.2) is 76.2 Å². The van der Waals surface area contributed by atoms with Crippen LogP contribution in [0.25, 0.3) is 39.1 Å². The third kappa shape index (κ3) is 1.75. The highest BCUT2D eigenvalue weighted by Gasteiger charge is 2.19. The predicted molar refractivity (Wildman–Crippen MR) is 107 cm³/mol. The Hall–Kier alpha value is -2.71. The van der Waals surface area contributed by atoms with E-state index in [1.807, 2.05) is 0 Å². The number of benzene rings is 4. The smallest absolute Gasteiger partial charge is 0.0794 e. The zero-order valence-electron chi connectivity index (χ0n) is 13.3. The molecular formula is C23H12BrN. The van der Waals surface area contributed by atoms with E-state index in [0.29, 0.717) is 0 Å². The molecule has 116 valence electrons. The summed E-state index contributed by atoms with van der Waals surface area (Å²) in [5.41, 5.74) is 7.43. The molecule has 0 saturated carbocycles. The van der Waals surface area contributed by atoms with Crippen molar-refractivity contribution in [1.82, 2.24) is 0 Å². The molecule has 0 aromatic heterocycles. The van der Waals surface area contributed by atoms with Gasteiger partial charge in [0.25, 0.3) is 0 Å². The van der Waals surface area contributed by atoms with Crippen molar-refractivity contribution in [1.29, 1.82) is 0 Å². The molecule has 1 heterocycles. The fourth-order valence-electron chi connectivity index (χ4n) is 4.11. The molecule has 0 N–H and O–H groups in total. The van der Waals surface area contributed by atoms with Gasteiger partial charge in [0, 0.05) is 21.0 Å². The zero-order chi connectivity index (χ0) is 16.5. The molecule has 2 aliphatic rings. The molecule has 4 aromatic carbocycles. The third-order valence-electron chi connectivity index (χ3n) is 5.25. The molecule has 1 aliphatic carbocycles. The zero-order valence-corrected chi connectivity index (χ0v) is 14.8. The van der Waals surface area contributed by atoms with Gasteiger partial charge in [-0.3, -0.25) is 0 Å². The predicted octanol–water partition coefficient (Wildman–Crippen LogP) is 5.34. The summed E-state index contributed by atoms with van der Waals surface area (Å²) < 4.78 is 1.09. The van der Waals surface area contributed by atoms with Gasteiger partial charge in [-0.15, -0.1) is 0 Å². The highest BCUT2D eigenvalue weighted by molar-refractivity contribution is 9.10. The molecule has 0 fully saturated rings. The summed E-state index contributed by atoms with van der Waals surface area (Å²) in [6, 6.07) is 23.8. The van der Waals surface area contributed by atoms with Crippen LogP contribution in [-0.4, -0.2) is 0 Å². The maximum atomic E-state index is 4.92. The minimum atomic E-state index is 1.05. The van der Waals surface area contributed by atoms with Crippen LogP contribution in [0.2, 0.25) is 0 Å². The second-order valence-corrected chi connectivity index (χ2v) is 7.50. The molecule has 0 amide bonds. The summed E-state index contributed by atoms with van der Waals surface area (Å²) >= 11 is 3.58. The number of hydrogen-bond donors (Lipinski definition) is 0. The fourth-order valence-corrected chi connectivity index (χ4v) is 4.47. The van der Waals surface area contributed by atoms with Gasteiger partial charge in [0.2, 0.25) is 0 Å². The van der Waals surface area contributed by atoms with Gasteiger partial charge >= 0.3 is 0 Å². The van der Waals surface area contributed by atoms with Crippen LogP contribution in [-0.2, 0) is 0 Å². The van der Waals surface area contributed by atoms with Gasteiger partial charge in [-0.1, -0.05) is 64.5 Å². The molecule has 0 spiro atoms. The summed E-state index contributed by atoms with van der Waals surface area (Å²) in [7, 11) is 0. The van der Waals surface area contributed by atoms with E-state index in [1.165, 1.54) is 43.8 Å². The lowest BCUT2D eigenvalue weighted by Crippen LogP contribution is -2.10. The number of hydrogen-bond acceptors (Lipinski definition) is 1. The first-order chi connectivity index (χ1) is 12.3. The Balaban J connectivity index is 1.73. The Morgan fingerprint density at radius 2 is 1.52 bits per heavy atom. The van der Waals surface area contributed by atoms with E-state index in [1.54, 1.807) is 0 Å². The summed E-state index contributed by atoms with van der Waals surface area (Å²) in [5, 5.41) is 4.92. The van der Waals surface area contributed by atoms with Crippen molar-refractivity contribution in [3.8, 4) is 22.3 Å². The Labute approximate surface area is 153 Å². The average molecular weight is 382 g/mol. The lowest BCUT2D eigenvalue weighted by Gasteiger charge is -2.05. The summed E-state index contributed by atoms with van der Waals surface area (Å²) in [5.74, 6) is 0. The molecule has 0 radical (unpaired) electrons. The lowest BCUT2D eigenvalue weighted by atomic mass is 9.97. The van der Waals surface area contributed by atoms with Crippen molar-refractivity contribution in [2.24, 2.45) is 4.99 Å². The van der Waals surface area contributed by atoms with E-state index < -0.39 is 0 Å². The van der Waals surface area contributed by atoms with Crippen LogP contribution >= 0.6 is 15.9 Å². The second kappa shape index (κ2) is 4.68. The van der Waals surface area contributed by atoms with Gasteiger partial charge in [-0.25, -0.2) is 4.99 Å². The van der Waals surface area contributed by atoms with Gasteiger partial charge in [0.05, 0.1) is 11.0 Å². The quantitative estimate of drug-likeness (QED) is 0.336. The Bertz CT molecular complexity index is 1350. The van der Waals surface area contributed by atoms with E-state index in [2.05, 4.69) is 88.7 Å². The highest BCUT2D eigenvalue weighted by atomic mass is 79.9. The summed E-state index contributed by atoms with van der Waals surface area (Å²) in [6.45, 7) is 0. The van der Waals surface area contributed by atoms with Crippen LogP contribution in [0, 0.1) is 0 Å². The highest BCUT2D eigenvalue weighted by Crippen LogP contribution is 2.36. The molecule has 2 heteroatoms. The van der Waals surface area contributed by atoms with E-state index in [4.69, 9.17) is 4.99 Å². The molecule has 0 bridgehead atoms. The molecule has 6 rings (SSSR count). The van der Waals surface area contributed by atoms with Gasteiger partial charge in [0.15, 0.2) is 0 Å². The lowest BCUT2D eigenvalue weighted by molar-refractivity contribution is 1.45. The SMILES string of the molecule is Brc1ccc2c(c1)-c1ccc3c4c(ccc3c1=N2)-c1ccccc1C=4. The number of rotatable bonds is 0. The van der Waals surface area contributed by atoms with E-state index in [-0.39, 0.29) is 0 Å². The summed E-state index contributed by atoms with van der Waals surface area (Å²) in [4.78, 5) is 4.92. The van der Waals surface area contributed by atoms with Crippen LogP contribution in [0.4, 0.5) is 5.69 Å². The Morgan fingerprint density at radius 3 is 2.48 bits per heavy atom. The van der Waals surface area contributed by atoms with Crippen LogP contribution in [0.3, 0.4) is 0 Å². The molecule has 25 heavy (non-hydrogen) atoms. The molecule has 0 saturated heterocycles.